The molecule has 3 aliphatic heterocycles. The van der Waals surface area contributed by atoms with Crippen molar-refractivity contribution in [2.75, 3.05) is 13.1 Å². The molecule has 2 aromatic rings. The van der Waals surface area contributed by atoms with Gasteiger partial charge in [-0.15, -0.1) is 0 Å². The topological polar surface area (TPSA) is 69.7 Å². The highest BCUT2D eigenvalue weighted by Crippen LogP contribution is 2.38. The van der Waals surface area contributed by atoms with E-state index >= 15 is 0 Å². The Morgan fingerprint density at radius 1 is 1.00 bits per heavy atom. The molecule has 2 fully saturated rings. The zero-order valence-corrected chi connectivity index (χ0v) is 19.1. The number of carbonyl (C=O) groups excluding carboxylic acids is 3. The summed E-state index contributed by atoms with van der Waals surface area (Å²) in [6.45, 7) is 4.54. The van der Waals surface area contributed by atoms with Crippen LogP contribution in [0.4, 0.5) is 8.78 Å². The summed E-state index contributed by atoms with van der Waals surface area (Å²) in [4.78, 5) is 40.7. The van der Waals surface area contributed by atoms with E-state index in [-0.39, 0.29) is 42.9 Å². The van der Waals surface area contributed by atoms with E-state index in [2.05, 4.69) is 10.2 Å². The first kappa shape index (κ1) is 22.7. The number of benzene rings is 2. The van der Waals surface area contributed by atoms with Gasteiger partial charge in [0.15, 0.2) is 0 Å². The Hall–Kier alpha value is -3.13. The van der Waals surface area contributed by atoms with E-state index in [1.807, 2.05) is 13.0 Å². The third kappa shape index (κ3) is 4.22. The summed E-state index contributed by atoms with van der Waals surface area (Å²) in [6, 6.07) is 6.93. The molecule has 1 N–H and O–H groups in total. The van der Waals surface area contributed by atoms with E-state index in [4.69, 9.17) is 0 Å². The summed E-state index contributed by atoms with van der Waals surface area (Å²) in [5, 5.41) is 2.30. The average molecular weight is 468 g/mol. The van der Waals surface area contributed by atoms with Crippen molar-refractivity contribution in [3.8, 4) is 0 Å². The maximum atomic E-state index is 14.6. The lowest BCUT2D eigenvalue weighted by molar-refractivity contribution is -0.136. The molecule has 34 heavy (non-hydrogen) atoms. The molecule has 1 atom stereocenters. The lowest BCUT2D eigenvalue weighted by atomic mass is 9.85. The zero-order chi connectivity index (χ0) is 24.0. The monoisotopic (exact) mass is 467 g/mol. The fourth-order valence-corrected chi connectivity index (χ4v) is 5.50. The molecule has 0 aliphatic carbocycles. The zero-order valence-electron chi connectivity index (χ0n) is 19.1. The minimum Gasteiger partial charge on any atom is -0.322 e. The predicted octanol–water partition coefficient (Wildman–Crippen LogP) is 3.41. The highest BCUT2D eigenvalue weighted by molar-refractivity contribution is 6.05. The Morgan fingerprint density at radius 2 is 1.76 bits per heavy atom. The first-order valence-corrected chi connectivity index (χ1v) is 11.7. The van der Waals surface area contributed by atoms with Gasteiger partial charge in [0.1, 0.15) is 17.7 Å². The molecule has 0 bridgehead atoms. The Balaban J connectivity index is 1.31. The third-order valence-corrected chi connectivity index (χ3v) is 7.38. The van der Waals surface area contributed by atoms with Crippen LogP contribution in [-0.2, 0) is 22.7 Å². The van der Waals surface area contributed by atoms with Crippen LogP contribution in [0.15, 0.2) is 30.3 Å². The number of likely N-dealkylation sites (tertiary alicyclic amines) is 1. The van der Waals surface area contributed by atoms with Gasteiger partial charge in [-0.2, -0.15) is 0 Å². The second-order valence-corrected chi connectivity index (χ2v) is 9.54. The molecule has 5 rings (SSSR count). The van der Waals surface area contributed by atoms with Crippen LogP contribution < -0.4 is 5.32 Å². The van der Waals surface area contributed by atoms with Gasteiger partial charge in [-0.3, -0.25) is 24.6 Å². The number of fused-ring (bicyclic) bond motifs is 1. The predicted molar refractivity (Wildman–Crippen MR) is 121 cm³/mol. The lowest BCUT2D eigenvalue weighted by Crippen LogP contribution is -2.52. The number of aryl methyl sites for hydroxylation is 1. The van der Waals surface area contributed by atoms with Crippen molar-refractivity contribution in [3.05, 3.63) is 69.8 Å². The van der Waals surface area contributed by atoms with Crippen LogP contribution in [0.1, 0.15) is 64.2 Å². The molecular weight excluding hydrogens is 440 g/mol. The number of imide groups is 1. The molecule has 0 aromatic heterocycles. The molecule has 178 valence electrons. The van der Waals surface area contributed by atoms with Crippen molar-refractivity contribution in [3.63, 3.8) is 0 Å². The summed E-state index contributed by atoms with van der Waals surface area (Å²) in [5.74, 6) is -1.72. The van der Waals surface area contributed by atoms with Crippen molar-refractivity contribution in [1.82, 2.24) is 15.1 Å². The molecule has 1 unspecified atom stereocenters. The molecule has 3 aliphatic rings. The van der Waals surface area contributed by atoms with Crippen LogP contribution in [0.5, 0.6) is 0 Å². The fraction of sp³-hybridized carbons (Fsp3) is 0.423. The third-order valence-electron chi connectivity index (χ3n) is 7.38. The van der Waals surface area contributed by atoms with Gasteiger partial charge in [-0.1, -0.05) is 6.07 Å². The normalized spacial score (nSPS) is 21.7. The van der Waals surface area contributed by atoms with E-state index in [1.165, 1.54) is 23.1 Å². The van der Waals surface area contributed by atoms with Crippen molar-refractivity contribution >= 4 is 17.7 Å². The average Bonchev–Trinajstić information content (AvgIpc) is 3.12. The first-order valence-electron chi connectivity index (χ1n) is 11.7. The standard InChI is InChI=1S/C26H27F2N3O3/c1-15-10-18(27)3-2-17(15)13-30-8-6-16(7-9-30)20-11-19(28)12-21-22(20)14-31(26(21)34)23-4-5-24(32)29-25(23)33/h2-3,10-12,16,23H,4-9,13-14H2,1H3,(H,29,32,33). The molecule has 0 radical (unpaired) electrons. The largest absolute Gasteiger partial charge is 0.322 e. The molecule has 3 amide bonds. The second-order valence-electron chi connectivity index (χ2n) is 9.54. The van der Waals surface area contributed by atoms with Gasteiger partial charge >= 0.3 is 0 Å². The first-order chi connectivity index (χ1) is 16.3. The van der Waals surface area contributed by atoms with E-state index in [0.29, 0.717) is 5.56 Å². The van der Waals surface area contributed by atoms with Crippen molar-refractivity contribution in [1.29, 1.82) is 0 Å². The molecule has 8 heteroatoms. The van der Waals surface area contributed by atoms with Gasteiger partial charge in [0, 0.05) is 25.1 Å². The van der Waals surface area contributed by atoms with E-state index in [1.54, 1.807) is 6.07 Å². The van der Waals surface area contributed by atoms with E-state index in [0.717, 1.165) is 54.7 Å². The van der Waals surface area contributed by atoms with E-state index < -0.39 is 17.8 Å². The van der Waals surface area contributed by atoms with Crippen molar-refractivity contribution in [2.45, 2.75) is 57.7 Å². The van der Waals surface area contributed by atoms with Crippen LogP contribution in [0.3, 0.4) is 0 Å². The highest BCUT2D eigenvalue weighted by Gasteiger charge is 2.41. The molecule has 2 saturated heterocycles. The summed E-state index contributed by atoms with van der Waals surface area (Å²) in [5.41, 5.74) is 3.98. The SMILES string of the molecule is Cc1cc(F)ccc1CN1CCC(c2cc(F)cc3c2CN(C2CCC(=O)NC2=O)C3=O)CC1. The molecular formula is C26H27F2N3O3. The summed E-state index contributed by atoms with van der Waals surface area (Å²) < 4.78 is 28.0. The summed E-state index contributed by atoms with van der Waals surface area (Å²) in [6.07, 6.45) is 2.11. The number of nitrogens with zero attached hydrogens (tertiary/aromatic N) is 2. The van der Waals surface area contributed by atoms with Crippen molar-refractivity contribution < 1.29 is 23.2 Å². The smallest absolute Gasteiger partial charge is 0.255 e. The molecule has 6 nitrogen and oxygen atoms in total. The Labute approximate surface area is 196 Å². The lowest BCUT2D eigenvalue weighted by Gasteiger charge is -2.33. The number of hydrogen-bond acceptors (Lipinski definition) is 4. The molecule has 2 aromatic carbocycles. The molecule has 0 spiro atoms. The van der Waals surface area contributed by atoms with Gasteiger partial charge in [-0.25, -0.2) is 8.78 Å². The number of hydrogen-bond donors (Lipinski definition) is 1. The van der Waals surface area contributed by atoms with Gasteiger partial charge in [-0.05, 0) is 91.7 Å². The number of carbonyl (C=O) groups is 3. The minimum absolute atomic E-state index is 0.115. The number of rotatable bonds is 4. The van der Waals surface area contributed by atoms with Gasteiger partial charge < -0.3 is 4.90 Å². The fourth-order valence-electron chi connectivity index (χ4n) is 5.50. The number of halogens is 2. The Kier molecular flexibility index (Phi) is 5.93. The highest BCUT2D eigenvalue weighted by atomic mass is 19.1. The quantitative estimate of drug-likeness (QED) is 0.700. The van der Waals surface area contributed by atoms with Crippen LogP contribution in [0, 0.1) is 18.6 Å². The maximum absolute atomic E-state index is 14.6. The summed E-state index contributed by atoms with van der Waals surface area (Å²) in [7, 11) is 0. The number of nitrogens with one attached hydrogen (secondary N) is 1. The minimum atomic E-state index is -0.714. The van der Waals surface area contributed by atoms with Crippen LogP contribution in [0.25, 0.3) is 0 Å². The van der Waals surface area contributed by atoms with Gasteiger partial charge in [0.25, 0.3) is 5.91 Å². The van der Waals surface area contributed by atoms with E-state index in [9.17, 15) is 23.2 Å². The molecule has 3 heterocycles. The Morgan fingerprint density at radius 3 is 2.47 bits per heavy atom. The summed E-state index contributed by atoms with van der Waals surface area (Å²) >= 11 is 0. The second kappa shape index (κ2) is 8.91. The molecule has 0 saturated carbocycles. The Bertz CT molecular complexity index is 1170. The van der Waals surface area contributed by atoms with Crippen LogP contribution in [0.2, 0.25) is 0 Å². The number of piperidine rings is 2. The van der Waals surface area contributed by atoms with Gasteiger partial charge in [0.05, 0.1) is 0 Å². The van der Waals surface area contributed by atoms with Crippen molar-refractivity contribution in [2.24, 2.45) is 0 Å². The van der Waals surface area contributed by atoms with Crippen LogP contribution >= 0.6 is 0 Å². The van der Waals surface area contributed by atoms with Gasteiger partial charge in [0.2, 0.25) is 11.8 Å². The number of amides is 3. The van der Waals surface area contributed by atoms with Crippen LogP contribution in [-0.4, -0.2) is 46.7 Å². The maximum Gasteiger partial charge on any atom is 0.255 e.